The Balaban J connectivity index is 1.91. The lowest BCUT2D eigenvalue weighted by atomic mass is 9.86. The van der Waals surface area contributed by atoms with Crippen LogP contribution in [0, 0.1) is 0 Å². The van der Waals surface area contributed by atoms with Crippen molar-refractivity contribution < 1.29 is 4.74 Å². The summed E-state index contributed by atoms with van der Waals surface area (Å²) in [7, 11) is 0. The maximum absolute atomic E-state index is 6.74. The molecular formula is C23H30O. The Bertz CT molecular complexity index is 688. The molecule has 3 rings (SSSR count). The minimum absolute atomic E-state index is 0.110. The zero-order valence-corrected chi connectivity index (χ0v) is 15.2. The van der Waals surface area contributed by atoms with Gasteiger partial charge in [0.25, 0.3) is 0 Å². The number of ether oxygens (including phenoxy) is 1. The van der Waals surface area contributed by atoms with E-state index in [1.165, 1.54) is 54.9 Å². The molecule has 0 N–H and O–H groups in total. The molecular weight excluding hydrogens is 292 g/mol. The molecule has 0 saturated heterocycles. The second-order valence-corrected chi connectivity index (χ2v) is 7.12. The molecule has 0 unspecified atom stereocenters. The SMILES string of the molecule is CCCCCC1(CCCCC)C=Cc2ccc3ccccc3c2O1. The lowest BCUT2D eigenvalue weighted by Crippen LogP contribution is -2.35. The van der Waals surface area contributed by atoms with Crippen molar-refractivity contribution in [3.05, 3.63) is 48.0 Å². The first-order chi connectivity index (χ1) is 11.8. The van der Waals surface area contributed by atoms with Crippen LogP contribution in [0.15, 0.2) is 42.5 Å². The first kappa shape index (κ1) is 17.1. The van der Waals surface area contributed by atoms with Gasteiger partial charge in [-0.2, -0.15) is 0 Å². The predicted octanol–water partition coefficient (Wildman–Crippen LogP) is 7.14. The van der Waals surface area contributed by atoms with E-state index >= 15 is 0 Å². The Morgan fingerprint density at radius 1 is 0.833 bits per heavy atom. The van der Waals surface area contributed by atoms with E-state index in [0.717, 1.165) is 18.6 Å². The van der Waals surface area contributed by atoms with Gasteiger partial charge in [0.1, 0.15) is 11.4 Å². The molecule has 0 radical (unpaired) electrons. The zero-order chi connectivity index (χ0) is 16.8. The summed E-state index contributed by atoms with van der Waals surface area (Å²) < 4.78 is 6.74. The van der Waals surface area contributed by atoms with E-state index in [2.05, 4.69) is 62.4 Å². The summed E-state index contributed by atoms with van der Waals surface area (Å²) in [5.74, 6) is 1.09. The van der Waals surface area contributed by atoms with E-state index in [1.807, 2.05) is 0 Å². The Labute approximate surface area is 146 Å². The quantitative estimate of drug-likeness (QED) is 0.469. The van der Waals surface area contributed by atoms with Crippen LogP contribution in [0.3, 0.4) is 0 Å². The number of fused-ring (bicyclic) bond motifs is 3. The maximum Gasteiger partial charge on any atom is 0.135 e. The molecule has 1 heteroatoms. The van der Waals surface area contributed by atoms with Crippen LogP contribution < -0.4 is 4.74 Å². The predicted molar refractivity (Wildman–Crippen MR) is 105 cm³/mol. The molecule has 0 saturated carbocycles. The van der Waals surface area contributed by atoms with Gasteiger partial charge in [-0.3, -0.25) is 0 Å². The maximum atomic E-state index is 6.74. The molecule has 0 aromatic heterocycles. The third-order valence-corrected chi connectivity index (χ3v) is 5.19. The van der Waals surface area contributed by atoms with Crippen molar-refractivity contribution in [1.82, 2.24) is 0 Å². The fourth-order valence-corrected chi connectivity index (χ4v) is 3.73. The van der Waals surface area contributed by atoms with Gasteiger partial charge in [-0.05, 0) is 37.1 Å². The van der Waals surface area contributed by atoms with Gasteiger partial charge in [0.05, 0.1) is 0 Å². The van der Waals surface area contributed by atoms with Gasteiger partial charge in [-0.1, -0.05) is 82.0 Å². The molecule has 128 valence electrons. The molecule has 2 aromatic carbocycles. The van der Waals surface area contributed by atoms with Crippen LogP contribution in [0.1, 0.15) is 70.8 Å². The van der Waals surface area contributed by atoms with Crippen molar-refractivity contribution in [2.45, 2.75) is 70.8 Å². The Morgan fingerprint density at radius 3 is 2.25 bits per heavy atom. The average Bonchev–Trinajstić information content (AvgIpc) is 2.62. The van der Waals surface area contributed by atoms with Gasteiger partial charge in [0.2, 0.25) is 0 Å². The van der Waals surface area contributed by atoms with Crippen LogP contribution in [0.2, 0.25) is 0 Å². The van der Waals surface area contributed by atoms with Crippen LogP contribution in [-0.4, -0.2) is 5.60 Å². The molecule has 0 amide bonds. The summed E-state index contributed by atoms with van der Waals surface area (Å²) in [6.07, 6.45) is 14.5. The minimum atomic E-state index is -0.110. The first-order valence-electron chi connectivity index (χ1n) is 9.68. The van der Waals surface area contributed by atoms with Crippen molar-refractivity contribution in [2.24, 2.45) is 0 Å². The zero-order valence-electron chi connectivity index (χ0n) is 15.2. The third kappa shape index (κ3) is 3.66. The van der Waals surface area contributed by atoms with Gasteiger partial charge in [-0.25, -0.2) is 0 Å². The molecule has 2 aromatic rings. The summed E-state index contributed by atoms with van der Waals surface area (Å²) in [4.78, 5) is 0. The van der Waals surface area contributed by atoms with Crippen molar-refractivity contribution in [2.75, 3.05) is 0 Å². The van der Waals surface area contributed by atoms with Gasteiger partial charge in [-0.15, -0.1) is 0 Å². The Kier molecular flexibility index (Phi) is 5.60. The number of unbranched alkanes of at least 4 members (excludes halogenated alkanes) is 4. The molecule has 1 heterocycles. The topological polar surface area (TPSA) is 9.23 Å². The summed E-state index contributed by atoms with van der Waals surface area (Å²) in [6, 6.07) is 13.0. The summed E-state index contributed by atoms with van der Waals surface area (Å²) in [5, 5.41) is 2.51. The van der Waals surface area contributed by atoms with E-state index in [0.29, 0.717) is 0 Å². The highest BCUT2D eigenvalue weighted by Gasteiger charge is 2.32. The Morgan fingerprint density at radius 2 is 1.54 bits per heavy atom. The van der Waals surface area contributed by atoms with Crippen LogP contribution in [0.25, 0.3) is 16.8 Å². The first-order valence-corrected chi connectivity index (χ1v) is 9.68. The summed E-state index contributed by atoms with van der Waals surface area (Å²) in [5.41, 5.74) is 1.11. The number of rotatable bonds is 8. The fourth-order valence-electron chi connectivity index (χ4n) is 3.73. The van der Waals surface area contributed by atoms with Gasteiger partial charge >= 0.3 is 0 Å². The van der Waals surface area contributed by atoms with Gasteiger partial charge < -0.3 is 4.74 Å². The summed E-state index contributed by atoms with van der Waals surface area (Å²) in [6.45, 7) is 4.54. The summed E-state index contributed by atoms with van der Waals surface area (Å²) >= 11 is 0. The number of hydrogen-bond acceptors (Lipinski definition) is 1. The standard InChI is InChI=1S/C23H30O/c1-3-5-9-16-23(17-10-6-4-2)18-15-20-14-13-19-11-7-8-12-21(19)22(20)24-23/h7-8,11-15,18H,3-6,9-10,16-17H2,1-2H3. The van der Waals surface area contributed by atoms with Crippen molar-refractivity contribution >= 4 is 16.8 Å². The van der Waals surface area contributed by atoms with Crippen molar-refractivity contribution in [3.8, 4) is 5.75 Å². The smallest absolute Gasteiger partial charge is 0.135 e. The second-order valence-electron chi connectivity index (χ2n) is 7.12. The van der Waals surface area contributed by atoms with E-state index in [1.54, 1.807) is 0 Å². The van der Waals surface area contributed by atoms with Gasteiger partial charge in [0, 0.05) is 10.9 Å². The molecule has 0 spiro atoms. The van der Waals surface area contributed by atoms with E-state index in [4.69, 9.17) is 4.74 Å². The normalized spacial score (nSPS) is 15.2. The van der Waals surface area contributed by atoms with E-state index in [-0.39, 0.29) is 5.60 Å². The molecule has 0 aliphatic carbocycles. The molecule has 1 aliphatic heterocycles. The molecule has 0 fully saturated rings. The number of hydrogen-bond donors (Lipinski definition) is 0. The lowest BCUT2D eigenvalue weighted by molar-refractivity contribution is 0.0931. The highest BCUT2D eigenvalue weighted by molar-refractivity contribution is 5.92. The van der Waals surface area contributed by atoms with Gasteiger partial charge in [0.15, 0.2) is 0 Å². The fraction of sp³-hybridized carbons (Fsp3) is 0.478. The Hall–Kier alpha value is -1.76. The molecule has 24 heavy (non-hydrogen) atoms. The highest BCUT2D eigenvalue weighted by Crippen LogP contribution is 2.41. The van der Waals surface area contributed by atoms with E-state index < -0.39 is 0 Å². The van der Waals surface area contributed by atoms with Crippen molar-refractivity contribution in [3.63, 3.8) is 0 Å². The minimum Gasteiger partial charge on any atom is -0.482 e. The van der Waals surface area contributed by atoms with Crippen molar-refractivity contribution in [1.29, 1.82) is 0 Å². The van der Waals surface area contributed by atoms with E-state index in [9.17, 15) is 0 Å². The average molecular weight is 322 g/mol. The van der Waals surface area contributed by atoms with Crippen LogP contribution in [0.5, 0.6) is 5.75 Å². The molecule has 0 bridgehead atoms. The van der Waals surface area contributed by atoms with Crippen LogP contribution in [-0.2, 0) is 0 Å². The largest absolute Gasteiger partial charge is 0.482 e. The lowest BCUT2D eigenvalue weighted by Gasteiger charge is -2.36. The van der Waals surface area contributed by atoms with Crippen LogP contribution >= 0.6 is 0 Å². The molecule has 1 aliphatic rings. The number of benzene rings is 2. The monoisotopic (exact) mass is 322 g/mol. The second kappa shape index (κ2) is 7.88. The van der Waals surface area contributed by atoms with Crippen LogP contribution in [0.4, 0.5) is 0 Å². The molecule has 1 nitrogen and oxygen atoms in total. The highest BCUT2D eigenvalue weighted by atomic mass is 16.5. The third-order valence-electron chi connectivity index (χ3n) is 5.19. The molecule has 0 atom stereocenters.